The van der Waals surface area contributed by atoms with Gasteiger partial charge in [-0.05, 0) is 24.0 Å². The molecule has 0 saturated heterocycles. The number of hydrogen-bond donors (Lipinski definition) is 0. The molecule has 1 aromatic carbocycles. The second-order valence-electron chi connectivity index (χ2n) is 2.92. The van der Waals surface area contributed by atoms with Crippen LogP contribution in [0.2, 0.25) is 0 Å². The van der Waals surface area contributed by atoms with Crippen LogP contribution in [0.4, 0.5) is 0 Å². The van der Waals surface area contributed by atoms with Gasteiger partial charge in [0.15, 0.2) is 0 Å². The van der Waals surface area contributed by atoms with Crippen LogP contribution in [-0.2, 0) is 9.53 Å². The lowest BCUT2D eigenvalue weighted by atomic mass is 10.2. The van der Waals surface area contributed by atoms with E-state index in [2.05, 4.69) is 4.74 Å². The highest BCUT2D eigenvalue weighted by Gasteiger charge is 2.06. The summed E-state index contributed by atoms with van der Waals surface area (Å²) in [5, 5.41) is 1.85. The van der Waals surface area contributed by atoms with E-state index in [4.69, 9.17) is 0 Å². The lowest BCUT2D eigenvalue weighted by molar-refractivity contribution is -0.136. The van der Waals surface area contributed by atoms with Crippen LogP contribution in [0.15, 0.2) is 46.2 Å². The summed E-state index contributed by atoms with van der Waals surface area (Å²) in [4.78, 5) is 12.4. The number of rotatable bonds is 4. The van der Waals surface area contributed by atoms with Crippen LogP contribution < -0.4 is 0 Å². The topological polar surface area (TPSA) is 26.3 Å². The SMILES string of the molecule is CC/C(=C/Sc1ccccc1)C(=O)OC. The minimum Gasteiger partial charge on any atom is -0.466 e. The van der Waals surface area contributed by atoms with Gasteiger partial charge in [0.2, 0.25) is 0 Å². The molecule has 0 aliphatic rings. The van der Waals surface area contributed by atoms with Gasteiger partial charge < -0.3 is 4.74 Å². The van der Waals surface area contributed by atoms with Gasteiger partial charge in [0.25, 0.3) is 0 Å². The van der Waals surface area contributed by atoms with Gasteiger partial charge in [-0.1, -0.05) is 36.9 Å². The first-order chi connectivity index (χ1) is 7.27. The summed E-state index contributed by atoms with van der Waals surface area (Å²) in [7, 11) is 1.40. The van der Waals surface area contributed by atoms with E-state index in [1.54, 1.807) is 0 Å². The van der Waals surface area contributed by atoms with E-state index in [1.165, 1.54) is 18.9 Å². The summed E-state index contributed by atoms with van der Waals surface area (Å²) in [6.07, 6.45) is 0.687. The van der Waals surface area contributed by atoms with Gasteiger partial charge in [-0.3, -0.25) is 0 Å². The van der Waals surface area contributed by atoms with Crippen molar-refractivity contribution in [3.63, 3.8) is 0 Å². The van der Waals surface area contributed by atoms with Gasteiger partial charge in [-0.15, -0.1) is 0 Å². The van der Waals surface area contributed by atoms with Crippen molar-refractivity contribution in [3.8, 4) is 0 Å². The van der Waals surface area contributed by atoms with E-state index in [0.717, 1.165) is 4.90 Å². The average molecular weight is 222 g/mol. The monoisotopic (exact) mass is 222 g/mol. The van der Waals surface area contributed by atoms with Crippen LogP contribution >= 0.6 is 11.8 Å². The third-order valence-electron chi connectivity index (χ3n) is 1.91. The summed E-state index contributed by atoms with van der Waals surface area (Å²) >= 11 is 1.53. The summed E-state index contributed by atoms with van der Waals surface area (Å²) in [5.74, 6) is -0.249. The van der Waals surface area contributed by atoms with Crippen LogP contribution in [0, 0.1) is 0 Å². The minimum atomic E-state index is -0.249. The van der Waals surface area contributed by atoms with Crippen LogP contribution in [0.1, 0.15) is 13.3 Å². The molecule has 1 aromatic rings. The number of hydrogen-bond acceptors (Lipinski definition) is 3. The number of thioether (sulfide) groups is 1. The van der Waals surface area contributed by atoms with E-state index in [1.807, 2.05) is 42.7 Å². The number of carbonyl (C=O) groups excluding carboxylic acids is 1. The van der Waals surface area contributed by atoms with Crippen molar-refractivity contribution in [1.82, 2.24) is 0 Å². The van der Waals surface area contributed by atoms with Crippen molar-refractivity contribution in [2.24, 2.45) is 0 Å². The molecule has 0 atom stereocenters. The van der Waals surface area contributed by atoms with Crippen LogP contribution in [-0.4, -0.2) is 13.1 Å². The number of carbonyl (C=O) groups is 1. The van der Waals surface area contributed by atoms with Gasteiger partial charge in [0, 0.05) is 10.5 Å². The van der Waals surface area contributed by atoms with Crippen molar-refractivity contribution in [1.29, 1.82) is 0 Å². The smallest absolute Gasteiger partial charge is 0.334 e. The first-order valence-corrected chi connectivity index (χ1v) is 5.65. The largest absolute Gasteiger partial charge is 0.466 e. The normalized spacial score (nSPS) is 11.2. The fraction of sp³-hybridized carbons (Fsp3) is 0.250. The molecule has 3 heteroatoms. The molecule has 15 heavy (non-hydrogen) atoms. The Kier molecular flexibility index (Phi) is 4.98. The molecule has 0 N–H and O–H groups in total. The van der Waals surface area contributed by atoms with Gasteiger partial charge in [-0.25, -0.2) is 4.79 Å². The van der Waals surface area contributed by atoms with Crippen molar-refractivity contribution >= 4 is 17.7 Å². The number of ether oxygens (including phenoxy) is 1. The Morgan fingerprint density at radius 1 is 1.40 bits per heavy atom. The zero-order chi connectivity index (χ0) is 11.1. The van der Waals surface area contributed by atoms with E-state index >= 15 is 0 Å². The Balaban J connectivity index is 2.67. The fourth-order valence-corrected chi connectivity index (χ4v) is 1.90. The van der Waals surface area contributed by atoms with Gasteiger partial charge in [0.1, 0.15) is 0 Å². The van der Waals surface area contributed by atoms with Crippen molar-refractivity contribution in [3.05, 3.63) is 41.3 Å². The Labute approximate surface area is 94.3 Å². The maximum Gasteiger partial charge on any atom is 0.334 e. The quantitative estimate of drug-likeness (QED) is 0.444. The third-order valence-corrected chi connectivity index (χ3v) is 2.86. The molecular formula is C12H14O2S. The second-order valence-corrected chi connectivity index (χ2v) is 3.86. The minimum absolute atomic E-state index is 0.249. The molecule has 2 nitrogen and oxygen atoms in total. The molecule has 0 aliphatic carbocycles. The molecule has 80 valence electrons. The molecule has 0 radical (unpaired) electrons. The highest BCUT2D eigenvalue weighted by Crippen LogP contribution is 2.21. The van der Waals surface area contributed by atoms with Gasteiger partial charge in [-0.2, -0.15) is 0 Å². The predicted molar refractivity (Wildman–Crippen MR) is 62.7 cm³/mol. The third kappa shape index (κ3) is 3.80. The standard InChI is InChI=1S/C12H14O2S/c1-3-10(12(13)14-2)9-15-11-7-5-4-6-8-11/h4-9H,3H2,1-2H3/b10-9-. The first-order valence-electron chi connectivity index (χ1n) is 4.77. The van der Waals surface area contributed by atoms with Crippen LogP contribution in [0.5, 0.6) is 0 Å². The first kappa shape index (κ1) is 11.9. The molecule has 0 saturated carbocycles. The van der Waals surface area contributed by atoms with Crippen molar-refractivity contribution in [2.45, 2.75) is 18.2 Å². The van der Waals surface area contributed by atoms with Crippen LogP contribution in [0.25, 0.3) is 0 Å². The molecule has 0 aromatic heterocycles. The highest BCUT2D eigenvalue weighted by molar-refractivity contribution is 8.02. The number of benzene rings is 1. The Hall–Kier alpha value is -1.22. The Morgan fingerprint density at radius 2 is 2.07 bits per heavy atom. The van der Waals surface area contributed by atoms with Crippen molar-refractivity contribution < 1.29 is 9.53 Å². The van der Waals surface area contributed by atoms with Gasteiger partial charge >= 0.3 is 5.97 Å². The number of methoxy groups -OCH3 is 1. The highest BCUT2D eigenvalue weighted by atomic mass is 32.2. The maximum atomic E-state index is 11.3. The van der Waals surface area contributed by atoms with Crippen molar-refractivity contribution in [2.75, 3.05) is 7.11 Å². The second kappa shape index (κ2) is 6.30. The summed E-state index contributed by atoms with van der Waals surface area (Å²) < 4.78 is 4.67. The molecular weight excluding hydrogens is 208 g/mol. The molecule has 0 heterocycles. The molecule has 0 unspecified atom stereocenters. The molecule has 0 bridgehead atoms. The fourth-order valence-electron chi connectivity index (χ4n) is 1.05. The summed E-state index contributed by atoms with van der Waals surface area (Å²) in [5.41, 5.74) is 0.700. The predicted octanol–water partition coefficient (Wildman–Crippen LogP) is 3.25. The molecule has 0 aliphatic heterocycles. The molecule has 0 spiro atoms. The zero-order valence-electron chi connectivity index (χ0n) is 8.90. The molecule has 1 rings (SSSR count). The van der Waals surface area contributed by atoms with Crippen LogP contribution in [0.3, 0.4) is 0 Å². The Bertz CT molecular complexity index is 344. The lowest BCUT2D eigenvalue weighted by Crippen LogP contribution is -2.02. The van der Waals surface area contributed by atoms with E-state index in [9.17, 15) is 4.79 Å². The molecule has 0 amide bonds. The summed E-state index contributed by atoms with van der Waals surface area (Å²) in [6, 6.07) is 9.92. The van der Waals surface area contributed by atoms with E-state index < -0.39 is 0 Å². The maximum absolute atomic E-state index is 11.3. The Morgan fingerprint density at radius 3 is 2.60 bits per heavy atom. The van der Waals surface area contributed by atoms with Gasteiger partial charge in [0.05, 0.1) is 7.11 Å². The molecule has 0 fully saturated rings. The van der Waals surface area contributed by atoms with E-state index in [0.29, 0.717) is 12.0 Å². The average Bonchev–Trinajstić information content (AvgIpc) is 2.31. The zero-order valence-corrected chi connectivity index (χ0v) is 9.71. The number of esters is 1. The lowest BCUT2D eigenvalue weighted by Gasteiger charge is -2.01. The van der Waals surface area contributed by atoms with E-state index in [-0.39, 0.29) is 5.97 Å². The summed E-state index contributed by atoms with van der Waals surface area (Å²) in [6.45, 7) is 1.94.